The molecular weight excluding hydrogens is 358 g/mol. The first-order valence-corrected chi connectivity index (χ1v) is 9.94. The molecule has 3 atom stereocenters. The minimum Gasteiger partial charge on any atom is -0.493 e. The van der Waals surface area contributed by atoms with Gasteiger partial charge in [-0.2, -0.15) is 0 Å². The highest BCUT2D eigenvalue weighted by molar-refractivity contribution is 5.90. The van der Waals surface area contributed by atoms with Crippen LogP contribution in [-0.4, -0.2) is 37.7 Å². The summed E-state index contributed by atoms with van der Waals surface area (Å²) in [6.07, 6.45) is 6.52. The summed E-state index contributed by atoms with van der Waals surface area (Å²) in [5, 5.41) is 3.01. The molecule has 2 rings (SSSR count). The van der Waals surface area contributed by atoms with E-state index in [2.05, 4.69) is 12.2 Å². The van der Waals surface area contributed by atoms with Crippen molar-refractivity contribution in [2.24, 2.45) is 5.92 Å². The van der Waals surface area contributed by atoms with Crippen LogP contribution in [0.15, 0.2) is 24.3 Å². The maximum Gasteiger partial charge on any atom is 0.331 e. The number of amides is 1. The van der Waals surface area contributed by atoms with Crippen molar-refractivity contribution in [1.29, 1.82) is 0 Å². The lowest BCUT2D eigenvalue weighted by atomic mass is 9.86. The van der Waals surface area contributed by atoms with Crippen molar-refractivity contribution in [1.82, 2.24) is 5.32 Å². The fourth-order valence-electron chi connectivity index (χ4n) is 3.32. The molecule has 0 bridgehead atoms. The number of esters is 1. The Kier molecular flexibility index (Phi) is 8.36. The van der Waals surface area contributed by atoms with Gasteiger partial charge in [-0.3, -0.25) is 4.79 Å². The average Bonchev–Trinajstić information content (AvgIpc) is 2.69. The van der Waals surface area contributed by atoms with Gasteiger partial charge in [0.2, 0.25) is 0 Å². The first-order valence-electron chi connectivity index (χ1n) is 9.94. The van der Waals surface area contributed by atoms with Crippen LogP contribution in [0.5, 0.6) is 11.5 Å². The van der Waals surface area contributed by atoms with Gasteiger partial charge in [0.1, 0.15) is 0 Å². The quantitative estimate of drug-likeness (QED) is 0.542. The summed E-state index contributed by atoms with van der Waals surface area (Å²) in [6, 6.07) is 5.54. The second-order valence-electron chi connectivity index (χ2n) is 7.13. The van der Waals surface area contributed by atoms with Crippen LogP contribution in [-0.2, 0) is 14.3 Å². The Hall–Kier alpha value is -2.50. The molecular formula is C22H31NO5. The topological polar surface area (TPSA) is 73.9 Å². The zero-order valence-corrected chi connectivity index (χ0v) is 17.2. The van der Waals surface area contributed by atoms with Crippen LogP contribution in [0.1, 0.15) is 52.0 Å². The monoisotopic (exact) mass is 389 g/mol. The molecule has 1 aromatic rings. The van der Waals surface area contributed by atoms with Crippen LogP contribution in [0.2, 0.25) is 0 Å². The van der Waals surface area contributed by atoms with Gasteiger partial charge in [-0.05, 0) is 56.4 Å². The third-order valence-electron chi connectivity index (χ3n) is 5.00. The highest BCUT2D eigenvalue weighted by Gasteiger charge is 2.25. The van der Waals surface area contributed by atoms with E-state index in [1.807, 2.05) is 13.0 Å². The summed E-state index contributed by atoms with van der Waals surface area (Å²) in [4.78, 5) is 24.4. The van der Waals surface area contributed by atoms with Gasteiger partial charge >= 0.3 is 5.97 Å². The van der Waals surface area contributed by atoms with E-state index in [9.17, 15) is 9.59 Å². The fraction of sp³-hybridized carbons (Fsp3) is 0.545. The van der Waals surface area contributed by atoms with Gasteiger partial charge in [-0.15, -0.1) is 0 Å². The molecule has 0 heterocycles. The molecule has 0 unspecified atom stereocenters. The lowest BCUT2D eigenvalue weighted by Crippen LogP contribution is -2.45. The van der Waals surface area contributed by atoms with E-state index in [-0.39, 0.29) is 11.9 Å². The molecule has 0 radical (unpaired) electrons. The minimum atomic E-state index is -0.832. The normalized spacial score (nSPS) is 20.4. The zero-order chi connectivity index (χ0) is 20.5. The van der Waals surface area contributed by atoms with E-state index < -0.39 is 12.1 Å². The Morgan fingerprint density at radius 3 is 2.68 bits per heavy atom. The van der Waals surface area contributed by atoms with E-state index >= 15 is 0 Å². The lowest BCUT2D eigenvalue weighted by molar-refractivity contribution is -0.150. The highest BCUT2D eigenvalue weighted by atomic mass is 16.5. The van der Waals surface area contributed by atoms with Gasteiger partial charge in [0.05, 0.1) is 13.7 Å². The SMILES string of the molecule is CCOc1ccc(/C=C/C(=O)O[C@@H](C)C(=O)N[C@@H]2CCCC[C@@H]2C)cc1OC. The molecule has 1 aliphatic rings. The molecule has 154 valence electrons. The third-order valence-corrected chi connectivity index (χ3v) is 5.00. The van der Waals surface area contributed by atoms with E-state index in [0.29, 0.717) is 24.0 Å². The molecule has 1 saturated carbocycles. The van der Waals surface area contributed by atoms with Gasteiger partial charge in [-0.25, -0.2) is 4.79 Å². The van der Waals surface area contributed by atoms with Crippen molar-refractivity contribution in [3.05, 3.63) is 29.8 Å². The zero-order valence-electron chi connectivity index (χ0n) is 17.2. The third kappa shape index (κ3) is 6.29. The number of methoxy groups -OCH3 is 1. The number of hydrogen-bond donors (Lipinski definition) is 1. The van der Waals surface area contributed by atoms with Crippen molar-refractivity contribution in [2.75, 3.05) is 13.7 Å². The average molecular weight is 389 g/mol. The van der Waals surface area contributed by atoms with Crippen LogP contribution in [0, 0.1) is 5.92 Å². The summed E-state index contributed by atoms with van der Waals surface area (Å²) in [7, 11) is 1.56. The number of ether oxygens (including phenoxy) is 3. The van der Waals surface area contributed by atoms with E-state index in [1.54, 1.807) is 32.2 Å². The minimum absolute atomic E-state index is 0.161. The maximum atomic E-state index is 12.3. The molecule has 0 aliphatic heterocycles. The molecule has 0 aromatic heterocycles. The first kappa shape index (κ1) is 21.8. The molecule has 1 aliphatic carbocycles. The number of rotatable bonds is 8. The Labute approximate surface area is 167 Å². The van der Waals surface area contributed by atoms with E-state index in [1.165, 1.54) is 12.5 Å². The molecule has 1 fully saturated rings. The summed E-state index contributed by atoms with van der Waals surface area (Å²) in [5.41, 5.74) is 0.769. The Bertz CT molecular complexity index is 700. The molecule has 1 amide bonds. The van der Waals surface area contributed by atoms with Crippen LogP contribution in [0.25, 0.3) is 6.08 Å². The Morgan fingerprint density at radius 2 is 2.00 bits per heavy atom. The van der Waals surface area contributed by atoms with E-state index in [4.69, 9.17) is 14.2 Å². The molecule has 6 nitrogen and oxygen atoms in total. The van der Waals surface area contributed by atoms with Crippen molar-refractivity contribution < 1.29 is 23.8 Å². The number of nitrogens with one attached hydrogen (secondary N) is 1. The van der Waals surface area contributed by atoms with Crippen molar-refractivity contribution in [2.45, 2.75) is 58.6 Å². The Morgan fingerprint density at radius 1 is 1.25 bits per heavy atom. The second-order valence-corrected chi connectivity index (χ2v) is 7.13. The lowest BCUT2D eigenvalue weighted by Gasteiger charge is -2.30. The van der Waals surface area contributed by atoms with Crippen molar-refractivity contribution >= 4 is 18.0 Å². The fourth-order valence-corrected chi connectivity index (χ4v) is 3.32. The number of benzene rings is 1. The summed E-state index contributed by atoms with van der Waals surface area (Å²) in [5.74, 6) is 0.879. The van der Waals surface area contributed by atoms with E-state index in [0.717, 1.165) is 24.8 Å². The second kappa shape index (κ2) is 10.7. The predicted octanol–water partition coefficient (Wildman–Crippen LogP) is 3.73. The molecule has 6 heteroatoms. The molecule has 1 aromatic carbocycles. The Balaban J connectivity index is 1.89. The highest BCUT2D eigenvalue weighted by Crippen LogP contribution is 2.28. The van der Waals surface area contributed by atoms with Gasteiger partial charge in [-0.1, -0.05) is 25.8 Å². The summed E-state index contributed by atoms with van der Waals surface area (Å²) in [6.45, 7) is 6.18. The maximum absolute atomic E-state index is 12.3. The van der Waals surface area contributed by atoms with Crippen LogP contribution in [0.4, 0.5) is 0 Å². The van der Waals surface area contributed by atoms with Crippen LogP contribution < -0.4 is 14.8 Å². The predicted molar refractivity (Wildman–Crippen MR) is 108 cm³/mol. The molecule has 0 spiro atoms. The van der Waals surface area contributed by atoms with Gasteiger partial charge in [0.25, 0.3) is 5.91 Å². The van der Waals surface area contributed by atoms with Crippen molar-refractivity contribution in [3.63, 3.8) is 0 Å². The van der Waals surface area contributed by atoms with Gasteiger partial charge < -0.3 is 19.5 Å². The van der Waals surface area contributed by atoms with Crippen molar-refractivity contribution in [3.8, 4) is 11.5 Å². The molecule has 1 N–H and O–H groups in total. The standard InChI is InChI=1S/C22H31NO5/c1-5-27-19-12-10-17(14-20(19)26-4)11-13-21(24)28-16(3)22(25)23-18-9-7-6-8-15(18)2/h10-16,18H,5-9H2,1-4H3,(H,23,25)/b13-11+/t15-,16-,18+/m0/s1. The number of hydrogen-bond acceptors (Lipinski definition) is 5. The molecule has 28 heavy (non-hydrogen) atoms. The number of carbonyl (C=O) groups is 2. The first-order chi connectivity index (χ1) is 13.4. The largest absolute Gasteiger partial charge is 0.493 e. The van der Waals surface area contributed by atoms with Crippen LogP contribution in [0.3, 0.4) is 0 Å². The molecule has 0 saturated heterocycles. The van der Waals surface area contributed by atoms with Crippen LogP contribution >= 0.6 is 0 Å². The van der Waals surface area contributed by atoms with Gasteiger partial charge in [0, 0.05) is 12.1 Å². The van der Waals surface area contributed by atoms with Gasteiger partial charge in [0.15, 0.2) is 17.6 Å². The smallest absolute Gasteiger partial charge is 0.331 e. The number of carbonyl (C=O) groups excluding carboxylic acids is 2. The summed E-state index contributed by atoms with van der Waals surface area (Å²) < 4.78 is 16.0. The summed E-state index contributed by atoms with van der Waals surface area (Å²) >= 11 is 0.